The molecule has 1 unspecified atom stereocenters. The summed E-state index contributed by atoms with van der Waals surface area (Å²) < 4.78 is 29.8. The molecular weight excluding hydrogens is 542 g/mol. The summed E-state index contributed by atoms with van der Waals surface area (Å²) in [6.07, 6.45) is 5.87. The Hall–Kier alpha value is -4.05. The summed E-state index contributed by atoms with van der Waals surface area (Å²) in [7, 11) is -2.39. The van der Waals surface area contributed by atoms with Gasteiger partial charge in [0.25, 0.3) is 5.56 Å². The number of anilines is 3. The molecule has 0 bridgehead atoms. The van der Waals surface area contributed by atoms with E-state index in [9.17, 15) is 23.3 Å². The predicted molar refractivity (Wildman–Crippen MR) is 160 cm³/mol. The lowest BCUT2D eigenvalue weighted by Gasteiger charge is -2.50. The van der Waals surface area contributed by atoms with Crippen molar-refractivity contribution in [3.63, 3.8) is 0 Å². The molecular formula is C29H35N7O4S. The number of benzene rings is 2. The minimum absolute atomic E-state index is 0.0968. The van der Waals surface area contributed by atoms with E-state index in [1.165, 1.54) is 62.9 Å². The number of nitriles is 1. The van der Waals surface area contributed by atoms with E-state index in [1.807, 2.05) is 6.07 Å². The highest BCUT2D eigenvalue weighted by Gasteiger charge is 2.34. The number of fused-ring (bicyclic) bond motifs is 2. The normalized spacial score (nSPS) is 15.4. The molecule has 2 aliphatic heterocycles. The summed E-state index contributed by atoms with van der Waals surface area (Å²) in [5.74, 6) is -0.614. The van der Waals surface area contributed by atoms with Crippen molar-refractivity contribution in [2.45, 2.75) is 39.3 Å². The van der Waals surface area contributed by atoms with Gasteiger partial charge in [0.2, 0.25) is 0 Å². The van der Waals surface area contributed by atoms with E-state index in [-0.39, 0.29) is 35.7 Å². The Labute approximate surface area is 240 Å². The zero-order valence-corrected chi connectivity index (χ0v) is 24.3. The van der Waals surface area contributed by atoms with Crippen molar-refractivity contribution in [3.05, 3.63) is 71.3 Å². The van der Waals surface area contributed by atoms with Gasteiger partial charge in [0.05, 0.1) is 40.1 Å². The third-order valence-corrected chi connectivity index (χ3v) is 9.15. The van der Waals surface area contributed by atoms with E-state index in [2.05, 4.69) is 26.5 Å². The average molecular weight is 578 g/mol. The lowest BCUT2D eigenvalue weighted by atomic mass is 9.91. The fourth-order valence-corrected chi connectivity index (χ4v) is 5.54. The summed E-state index contributed by atoms with van der Waals surface area (Å²) in [5.41, 5.74) is 1.24. The molecule has 2 fully saturated rings. The Balaban J connectivity index is 0.000000560. The molecule has 41 heavy (non-hydrogen) atoms. The van der Waals surface area contributed by atoms with Crippen LogP contribution in [0, 0.1) is 17.2 Å². The third-order valence-electron chi connectivity index (χ3n) is 7.59. The van der Waals surface area contributed by atoms with Gasteiger partial charge in [-0.25, -0.2) is 4.98 Å². The van der Waals surface area contributed by atoms with E-state index < -0.39 is 16.1 Å². The molecule has 0 saturated carbocycles. The van der Waals surface area contributed by atoms with Crippen LogP contribution in [0.5, 0.6) is 0 Å². The van der Waals surface area contributed by atoms with Crippen molar-refractivity contribution in [2.75, 3.05) is 36.7 Å². The van der Waals surface area contributed by atoms with Gasteiger partial charge in [0.1, 0.15) is 11.9 Å². The summed E-state index contributed by atoms with van der Waals surface area (Å²) in [4.78, 5) is 31.6. The van der Waals surface area contributed by atoms with Gasteiger partial charge >= 0.3 is 10.2 Å². The number of carbonyl (C=O) groups is 1. The first kappa shape index (κ1) is 29.9. The predicted octanol–water partition coefficient (Wildman–Crippen LogP) is 3.48. The molecule has 2 saturated heterocycles. The van der Waals surface area contributed by atoms with E-state index in [0.29, 0.717) is 22.3 Å². The number of carbonyl (C=O) groups excluding carboxylic acids is 1. The number of rotatable bonds is 10. The largest absolute Gasteiger partial charge is 0.354 e. The maximum atomic E-state index is 13.0. The second-order valence-corrected chi connectivity index (χ2v) is 11.9. The van der Waals surface area contributed by atoms with Crippen LogP contribution in [0.4, 0.5) is 17.1 Å². The second-order valence-electron chi connectivity index (χ2n) is 10.1. The molecule has 0 spiro atoms. The quantitative estimate of drug-likeness (QED) is 0.349. The van der Waals surface area contributed by atoms with Gasteiger partial charge in [-0.15, -0.1) is 6.58 Å². The standard InChI is InChI=1S/C24H26N6O4S.C5H9N/c1-5-17(16(3)31)14-30-15-26-21-11-10-18(12-19(21)24(30)32)27-22-8-7-9-23(20(22)13-25)28-35(33,34)29(4)6-2;1-3-6-4-2-5(1)6/h5,7-12,15,17,27-28H,1,6,14H2,2-4H3;5H,1-4H2. The highest BCUT2D eigenvalue weighted by molar-refractivity contribution is 7.90. The Kier molecular flexibility index (Phi) is 9.22. The molecule has 2 aromatic carbocycles. The first-order chi connectivity index (χ1) is 19.6. The minimum atomic E-state index is -3.82. The van der Waals surface area contributed by atoms with Crippen molar-refractivity contribution in [1.29, 1.82) is 5.26 Å². The molecule has 3 heterocycles. The maximum Gasteiger partial charge on any atom is 0.301 e. The van der Waals surface area contributed by atoms with Crippen LogP contribution in [-0.2, 0) is 21.5 Å². The number of nitrogens with one attached hydrogen (secondary N) is 2. The number of nitrogens with zero attached hydrogens (tertiary/aromatic N) is 5. The van der Waals surface area contributed by atoms with Crippen LogP contribution < -0.4 is 15.6 Å². The van der Waals surface area contributed by atoms with Crippen LogP contribution in [0.3, 0.4) is 0 Å². The van der Waals surface area contributed by atoms with Crippen LogP contribution in [0.1, 0.15) is 32.3 Å². The number of Topliss-reactive ketones (excluding diaryl/α,β-unsaturated/α-hetero) is 1. The summed E-state index contributed by atoms with van der Waals surface area (Å²) in [6, 6.07) is 12.8. The minimum Gasteiger partial charge on any atom is -0.354 e. The van der Waals surface area contributed by atoms with Crippen LogP contribution in [0.15, 0.2) is 60.2 Å². The first-order valence-electron chi connectivity index (χ1n) is 13.5. The van der Waals surface area contributed by atoms with E-state index in [1.54, 1.807) is 37.3 Å². The lowest BCUT2D eigenvalue weighted by Crippen LogP contribution is -2.57. The van der Waals surface area contributed by atoms with Crippen molar-refractivity contribution in [2.24, 2.45) is 5.92 Å². The number of aromatic nitrogens is 2. The van der Waals surface area contributed by atoms with Gasteiger partial charge in [-0.3, -0.25) is 18.9 Å². The van der Waals surface area contributed by atoms with Crippen LogP contribution in [0.2, 0.25) is 0 Å². The van der Waals surface area contributed by atoms with Gasteiger partial charge in [-0.05, 0) is 63.2 Å². The number of hydrogen-bond donors (Lipinski definition) is 2. The van der Waals surface area contributed by atoms with Gasteiger partial charge in [0, 0.05) is 31.9 Å². The van der Waals surface area contributed by atoms with Crippen LogP contribution in [-0.4, -0.2) is 65.7 Å². The highest BCUT2D eigenvalue weighted by Crippen LogP contribution is 2.29. The van der Waals surface area contributed by atoms with Gasteiger partial charge < -0.3 is 10.2 Å². The number of allylic oxidation sites excluding steroid dienone is 1. The molecule has 2 N–H and O–H groups in total. The molecule has 2 aliphatic rings. The molecule has 0 radical (unpaired) electrons. The number of ketones is 1. The summed E-state index contributed by atoms with van der Waals surface area (Å²) in [5, 5.41) is 13.1. The molecule has 11 nitrogen and oxygen atoms in total. The first-order valence-corrected chi connectivity index (χ1v) is 14.9. The third kappa shape index (κ3) is 6.65. The van der Waals surface area contributed by atoms with Crippen molar-refractivity contribution >= 4 is 44.0 Å². The highest BCUT2D eigenvalue weighted by atomic mass is 32.2. The fraction of sp³-hybridized carbons (Fsp3) is 0.379. The molecule has 0 aliphatic carbocycles. The van der Waals surface area contributed by atoms with Crippen molar-refractivity contribution in [1.82, 2.24) is 18.8 Å². The molecule has 216 valence electrons. The average Bonchev–Trinajstić information content (AvgIpc) is 2.94. The zero-order chi connectivity index (χ0) is 29.7. The Morgan fingerprint density at radius 2 is 1.95 bits per heavy atom. The SMILES string of the molecule is C1CN2CCC12.C=CC(Cn1cnc2ccc(Nc3cccc(NS(=O)(=O)N(C)CC)c3C#N)cc2c1=O)C(C)=O. The molecule has 1 atom stereocenters. The molecule has 5 rings (SSSR count). The topological polar surface area (TPSA) is 140 Å². The van der Waals surface area contributed by atoms with E-state index in [0.717, 1.165) is 10.3 Å². The summed E-state index contributed by atoms with van der Waals surface area (Å²) >= 11 is 0. The fourth-order valence-electron chi connectivity index (χ4n) is 4.60. The van der Waals surface area contributed by atoms with E-state index >= 15 is 0 Å². The van der Waals surface area contributed by atoms with Crippen molar-refractivity contribution in [3.8, 4) is 6.07 Å². The molecule has 1 aromatic heterocycles. The summed E-state index contributed by atoms with van der Waals surface area (Å²) in [6.45, 7) is 9.97. The number of hydrogen-bond acceptors (Lipinski definition) is 8. The monoisotopic (exact) mass is 577 g/mol. The molecule has 3 aromatic rings. The zero-order valence-electron chi connectivity index (χ0n) is 23.5. The van der Waals surface area contributed by atoms with Crippen LogP contribution in [0.25, 0.3) is 10.9 Å². The Morgan fingerprint density at radius 3 is 2.49 bits per heavy atom. The van der Waals surface area contributed by atoms with Crippen LogP contribution >= 0.6 is 0 Å². The lowest BCUT2D eigenvalue weighted by molar-refractivity contribution is -0.119. The Bertz CT molecular complexity index is 1640. The van der Waals surface area contributed by atoms with Crippen molar-refractivity contribution < 1.29 is 13.2 Å². The second kappa shape index (κ2) is 12.6. The molecule has 12 heteroatoms. The van der Waals surface area contributed by atoms with Gasteiger partial charge in [0.15, 0.2) is 0 Å². The Morgan fingerprint density at radius 1 is 1.27 bits per heavy atom. The maximum absolute atomic E-state index is 13.0. The van der Waals surface area contributed by atoms with Gasteiger partial charge in [-0.2, -0.15) is 18.0 Å². The smallest absolute Gasteiger partial charge is 0.301 e. The van der Waals surface area contributed by atoms with E-state index in [4.69, 9.17) is 0 Å². The van der Waals surface area contributed by atoms with Gasteiger partial charge in [-0.1, -0.05) is 19.1 Å². The number of piperidine rings is 1. The molecule has 0 amide bonds.